The standard InChI is InChI=1S/C22H15Cl2FN4O2/c1-10(17-15(23)2-3-16(25)18(17)24)31-20-19-13(8-28-21(20)26)14(9-30-19)12-6-11-4-5-27-22(11)29-7-12/h2-10H,1H3,(H2,26,28)(H,27,29)/t10-/m1/s1. The van der Waals surface area contributed by atoms with E-state index in [4.69, 9.17) is 38.1 Å². The average molecular weight is 457 g/mol. The smallest absolute Gasteiger partial charge is 0.205 e. The molecule has 1 atom stereocenters. The maximum atomic E-state index is 14.0. The summed E-state index contributed by atoms with van der Waals surface area (Å²) in [5.41, 5.74) is 9.23. The minimum Gasteiger partial charge on any atom is -0.478 e. The molecule has 6 nitrogen and oxygen atoms in total. The number of anilines is 1. The van der Waals surface area contributed by atoms with E-state index in [0.717, 1.165) is 22.2 Å². The first-order valence-electron chi connectivity index (χ1n) is 9.33. The van der Waals surface area contributed by atoms with Gasteiger partial charge in [-0.15, -0.1) is 0 Å². The molecule has 0 unspecified atom stereocenters. The number of ether oxygens (including phenoxy) is 1. The Morgan fingerprint density at radius 2 is 2.03 bits per heavy atom. The van der Waals surface area contributed by atoms with E-state index in [1.54, 1.807) is 25.6 Å². The van der Waals surface area contributed by atoms with Crippen molar-refractivity contribution >= 4 is 51.0 Å². The molecule has 0 amide bonds. The minimum absolute atomic E-state index is 0.107. The van der Waals surface area contributed by atoms with E-state index in [1.807, 2.05) is 18.3 Å². The van der Waals surface area contributed by atoms with Crippen LogP contribution in [0.25, 0.3) is 33.1 Å². The molecule has 4 aromatic heterocycles. The number of rotatable bonds is 4. The van der Waals surface area contributed by atoms with Gasteiger partial charge in [0.25, 0.3) is 0 Å². The molecule has 3 N–H and O–H groups in total. The lowest BCUT2D eigenvalue weighted by atomic mass is 10.1. The Hall–Kier alpha value is -3.29. The molecule has 0 radical (unpaired) electrons. The maximum Gasteiger partial charge on any atom is 0.205 e. The molecule has 0 aliphatic carbocycles. The Morgan fingerprint density at radius 3 is 2.87 bits per heavy atom. The van der Waals surface area contributed by atoms with Gasteiger partial charge in [-0.2, -0.15) is 0 Å². The molecule has 31 heavy (non-hydrogen) atoms. The molecule has 0 fully saturated rings. The van der Waals surface area contributed by atoms with Crippen LogP contribution in [-0.4, -0.2) is 15.0 Å². The summed E-state index contributed by atoms with van der Waals surface area (Å²) in [6, 6.07) is 6.56. The van der Waals surface area contributed by atoms with E-state index in [2.05, 4.69) is 15.0 Å². The molecule has 0 bridgehead atoms. The summed E-state index contributed by atoms with van der Waals surface area (Å²) in [4.78, 5) is 11.7. The predicted molar refractivity (Wildman–Crippen MR) is 119 cm³/mol. The summed E-state index contributed by atoms with van der Waals surface area (Å²) in [6.45, 7) is 1.69. The van der Waals surface area contributed by atoms with Gasteiger partial charge in [0.2, 0.25) is 5.75 Å². The topological polar surface area (TPSA) is 90.0 Å². The van der Waals surface area contributed by atoms with Crippen molar-refractivity contribution in [2.45, 2.75) is 13.0 Å². The molecule has 1 aromatic carbocycles. The highest BCUT2D eigenvalue weighted by Gasteiger charge is 2.23. The van der Waals surface area contributed by atoms with Crippen LogP contribution in [0, 0.1) is 5.82 Å². The van der Waals surface area contributed by atoms with Gasteiger partial charge in [0.1, 0.15) is 17.6 Å². The number of benzene rings is 1. The van der Waals surface area contributed by atoms with Crippen molar-refractivity contribution in [1.82, 2.24) is 15.0 Å². The van der Waals surface area contributed by atoms with Gasteiger partial charge in [-0.3, -0.25) is 0 Å². The first kappa shape index (κ1) is 19.7. The van der Waals surface area contributed by atoms with Crippen molar-refractivity contribution in [3.63, 3.8) is 0 Å². The van der Waals surface area contributed by atoms with Crippen molar-refractivity contribution in [2.24, 2.45) is 0 Å². The van der Waals surface area contributed by atoms with E-state index < -0.39 is 11.9 Å². The summed E-state index contributed by atoms with van der Waals surface area (Å²) in [7, 11) is 0. The van der Waals surface area contributed by atoms with Gasteiger partial charge in [0.05, 0.1) is 16.7 Å². The molecule has 9 heteroatoms. The van der Waals surface area contributed by atoms with Crippen molar-refractivity contribution in [2.75, 3.05) is 5.73 Å². The zero-order chi connectivity index (χ0) is 21.7. The zero-order valence-corrected chi connectivity index (χ0v) is 17.6. The van der Waals surface area contributed by atoms with Crippen LogP contribution in [0.4, 0.5) is 10.2 Å². The van der Waals surface area contributed by atoms with E-state index in [-0.39, 0.29) is 21.6 Å². The number of hydrogen-bond donors (Lipinski definition) is 2. The predicted octanol–water partition coefficient (Wildman–Crippen LogP) is 6.54. The lowest BCUT2D eigenvalue weighted by Crippen LogP contribution is -2.08. The van der Waals surface area contributed by atoms with Crippen LogP contribution >= 0.6 is 23.2 Å². The van der Waals surface area contributed by atoms with Crippen LogP contribution in [0.2, 0.25) is 10.0 Å². The normalized spacial score (nSPS) is 12.5. The second-order valence-electron chi connectivity index (χ2n) is 7.02. The lowest BCUT2D eigenvalue weighted by Gasteiger charge is -2.18. The second kappa shape index (κ2) is 7.44. The van der Waals surface area contributed by atoms with Gasteiger partial charge in [-0.05, 0) is 31.2 Å². The molecule has 156 valence electrons. The third-order valence-corrected chi connectivity index (χ3v) is 5.81. The Kier molecular flexibility index (Phi) is 4.72. The molecule has 4 heterocycles. The zero-order valence-electron chi connectivity index (χ0n) is 16.1. The second-order valence-corrected chi connectivity index (χ2v) is 7.81. The van der Waals surface area contributed by atoms with Crippen LogP contribution in [0.15, 0.2) is 53.5 Å². The van der Waals surface area contributed by atoms with Crippen molar-refractivity contribution in [3.8, 4) is 16.9 Å². The minimum atomic E-state index is -0.711. The number of aromatic amines is 1. The number of furan rings is 1. The molecule has 0 spiro atoms. The van der Waals surface area contributed by atoms with Crippen LogP contribution in [0.3, 0.4) is 0 Å². The molecule has 5 rings (SSSR count). The Morgan fingerprint density at radius 1 is 1.19 bits per heavy atom. The van der Waals surface area contributed by atoms with Gasteiger partial charge >= 0.3 is 0 Å². The average Bonchev–Trinajstić information content (AvgIpc) is 3.39. The third-order valence-electron chi connectivity index (χ3n) is 5.09. The molecule has 5 aromatic rings. The monoisotopic (exact) mass is 456 g/mol. The van der Waals surface area contributed by atoms with Gasteiger partial charge in [0.15, 0.2) is 11.4 Å². The first-order valence-corrected chi connectivity index (χ1v) is 10.1. The number of aromatic nitrogens is 3. The molecule has 0 saturated heterocycles. The number of nitrogens with one attached hydrogen (secondary N) is 1. The maximum absolute atomic E-state index is 14.0. The number of fused-ring (bicyclic) bond motifs is 2. The van der Waals surface area contributed by atoms with Crippen LogP contribution in [-0.2, 0) is 0 Å². The number of hydrogen-bond acceptors (Lipinski definition) is 5. The molecular formula is C22H15Cl2FN4O2. The number of H-pyrrole nitrogens is 1. The van der Waals surface area contributed by atoms with Crippen LogP contribution in [0.5, 0.6) is 5.75 Å². The first-order chi connectivity index (χ1) is 14.9. The number of nitrogens with two attached hydrogens (primary N) is 1. The Labute approximate surface area is 185 Å². The van der Waals surface area contributed by atoms with E-state index in [1.165, 1.54) is 12.1 Å². The van der Waals surface area contributed by atoms with E-state index >= 15 is 0 Å². The summed E-state index contributed by atoms with van der Waals surface area (Å²) in [6.07, 6.45) is 6.07. The summed E-state index contributed by atoms with van der Waals surface area (Å²) in [5, 5.41) is 1.84. The van der Waals surface area contributed by atoms with Crippen LogP contribution in [0.1, 0.15) is 18.6 Å². The summed E-state index contributed by atoms with van der Waals surface area (Å²) in [5.74, 6) is -0.236. The number of nitrogens with zero attached hydrogens (tertiary/aromatic N) is 2. The molecule has 0 aliphatic heterocycles. The molecule has 0 saturated carbocycles. The quantitative estimate of drug-likeness (QED) is 0.299. The largest absolute Gasteiger partial charge is 0.478 e. The number of pyridine rings is 2. The fourth-order valence-electron chi connectivity index (χ4n) is 3.56. The van der Waals surface area contributed by atoms with Crippen molar-refractivity contribution in [3.05, 3.63) is 70.5 Å². The fourth-order valence-corrected chi connectivity index (χ4v) is 4.23. The van der Waals surface area contributed by atoms with E-state index in [0.29, 0.717) is 16.5 Å². The van der Waals surface area contributed by atoms with Gasteiger partial charge in [-0.25, -0.2) is 14.4 Å². The van der Waals surface area contributed by atoms with E-state index in [9.17, 15) is 4.39 Å². The summed E-state index contributed by atoms with van der Waals surface area (Å²) >= 11 is 12.4. The lowest BCUT2D eigenvalue weighted by molar-refractivity contribution is 0.227. The third kappa shape index (κ3) is 3.26. The van der Waals surface area contributed by atoms with Gasteiger partial charge in [-0.1, -0.05) is 23.2 Å². The number of nitrogen functional groups attached to an aromatic ring is 1. The fraction of sp³-hybridized carbons (Fsp3) is 0.0909. The highest BCUT2D eigenvalue weighted by molar-refractivity contribution is 6.36. The van der Waals surface area contributed by atoms with Gasteiger partial charge in [0, 0.05) is 45.7 Å². The Bertz CT molecular complexity index is 1450. The molecule has 0 aliphatic rings. The van der Waals surface area contributed by atoms with Crippen molar-refractivity contribution in [1.29, 1.82) is 0 Å². The van der Waals surface area contributed by atoms with Crippen molar-refractivity contribution < 1.29 is 13.5 Å². The highest BCUT2D eigenvalue weighted by atomic mass is 35.5. The number of halogens is 3. The van der Waals surface area contributed by atoms with Crippen LogP contribution < -0.4 is 10.5 Å². The summed E-state index contributed by atoms with van der Waals surface area (Å²) < 4.78 is 25.8. The Balaban J connectivity index is 1.59. The SMILES string of the molecule is C[C@@H](Oc1c(N)ncc2c(-c3cnc4[nH]ccc4c3)coc12)c1c(Cl)ccc(F)c1Cl. The molecular weight excluding hydrogens is 442 g/mol. The van der Waals surface area contributed by atoms with Gasteiger partial charge < -0.3 is 19.9 Å². The highest BCUT2D eigenvalue weighted by Crippen LogP contribution is 2.41.